The smallest absolute Gasteiger partial charge is 0.343 e. The Balaban J connectivity index is 1.88. The lowest BCUT2D eigenvalue weighted by atomic mass is 9.84. The largest absolute Gasteiger partial charge is 0.493 e. The summed E-state index contributed by atoms with van der Waals surface area (Å²) in [5.74, 6) is -0.770. The normalized spacial score (nSPS) is 15.3. The minimum Gasteiger partial charge on any atom is -0.493 e. The van der Waals surface area contributed by atoms with Crippen LogP contribution >= 0.6 is 0 Å². The number of pyridine rings is 1. The van der Waals surface area contributed by atoms with Crippen LogP contribution in [0.25, 0.3) is 22.1 Å². The molecule has 0 unspecified atom stereocenters. The van der Waals surface area contributed by atoms with Crippen molar-refractivity contribution in [3.63, 3.8) is 0 Å². The molecule has 1 aromatic carbocycles. The molecule has 140 valence electrons. The highest BCUT2D eigenvalue weighted by atomic mass is 16.5. The van der Waals surface area contributed by atoms with E-state index in [2.05, 4.69) is 4.98 Å². The van der Waals surface area contributed by atoms with Crippen molar-refractivity contribution in [3.8, 4) is 5.88 Å². The molecule has 6 heteroatoms. The van der Waals surface area contributed by atoms with Gasteiger partial charge in [0.25, 0.3) is 0 Å². The van der Waals surface area contributed by atoms with E-state index in [1.165, 1.54) is 25.3 Å². The molecule has 1 aliphatic carbocycles. The molecule has 0 atom stereocenters. The Morgan fingerprint density at radius 3 is 2.74 bits per heavy atom. The van der Waals surface area contributed by atoms with Crippen molar-refractivity contribution in [2.45, 2.75) is 44.9 Å². The first-order chi connectivity index (χ1) is 13.1. The summed E-state index contributed by atoms with van der Waals surface area (Å²) < 4.78 is 10.6. The maximum absolute atomic E-state index is 13.0. The molecule has 1 aliphatic rings. The van der Waals surface area contributed by atoms with E-state index in [0.717, 1.165) is 18.4 Å². The highest BCUT2D eigenvalue weighted by Gasteiger charge is 2.20. The number of fused-ring (bicyclic) bond motifs is 2. The Morgan fingerprint density at radius 1 is 1.22 bits per heavy atom. The van der Waals surface area contributed by atoms with E-state index in [0.29, 0.717) is 16.9 Å². The maximum Gasteiger partial charge on any atom is 0.343 e. The third kappa shape index (κ3) is 3.16. The molecule has 2 aromatic heterocycles. The van der Waals surface area contributed by atoms with E-state index < -0.39 is 11.8 Å². The van der Waals surface area contributed by atoms with Gasteiger partial charge in [0.15, 0.2) is 0 Å². The van der Waals surface area contributed by atoms with Crippen LogP contribution in [0.1, 0.15) is 60.9 Å². The van der Waals surface area contributed by atoms with Crippen molar-refractivity contribution in [1.82, 2.24) is 4.98 Å². The van der Waals surface area contributed by atoms with Gasteiger partial charge < -0.3 is 14.3 Å². The summed E-state index contributed by atoms with van der Waals surface area (Å²) in [4.78, 5) is 28.9. The fourth-order valence-electron chi connectivity index (χ4n) is 3.84. The van der Waals surface area contributed by atoms with Gasteiger partial charge in [-0.1, -0.05) is 25.3 Å². The van der Waals surface area contributed by atoms with Crippen molar-refractivity contribution in [3.05, 3.63) is 45.6 Å². The summed E-state index contributed by atoms with van der Waals surface area (Å²) in [7, 11) is 0. The number of rotatable bonds is 3. The molecular formula is C21H21NO5. The third-order valence-corrected chi connectivity index (χ3v) is 5.24. The van der Waals surface area contributed by atoms with Crippen LogP contribution in [-0.2, 0) is 4.74 Å². The van der Waals surface area contributed by atoms with Crippen molar-refractivity contribution < 1.29 is 19.1 Å². The number of esters is 1. The maximum atomic E-state index is 13.0. The Hall–Kier alpha value is -2.89. The molecule has 0 spiro atoms. The van der Waals surface area contributed by atoms with Gasteiger partial charge >= 0.3 is 5.97 Å². The van der Waals surface area contributed by atoms with Crippen molar-refractivity contribution >= 4 is 28.0 Å². The number of hydrogen-bond donors (Lipinski definition) is 1. The number of carbonyl (C=O) groups is 1. The summed E-state index contributed by atoms with van der Waals surface area (Å²) in [5, 5.41) is 10.6. The molecule has 1 N–H and O–H groups in total. The predicted octanol–water partition coefficient (Wildman–Crippen LogP) is 4.27. The van der Waals surface area contributed by atoms with Gasteiger partial charge in [0.2, 0.25) is 17.0 Å². The van der Waals surface area contributed by atoms with Crippen LogP contribution in [0.15, 0.2) is 33.5 Å². The first-order valence-electron chi connectivity index (χ1n) is 9.36. The second-order valence-corrected chi connectivity index (χ2v) is 6.95. The Kier molecular flexibility index (Phi) is 4.56. The number of aromatic nitrogens is 1. The molecule has 0 amide bonds. The topological polar surface area (TPSA) is 89.6 Å². The number of benzene rings is 1. The predicted molar refractivity (Wildman–Crippen MR) is 101 cm³/mol. The first-order valence-corrected chi connectivity index (χ1v) is 9.36. The zero-order chi connectivity index (χ0) is 19.0. The molecule has 3 aromatic rings. The van der Waals surface area contributed by atoms with Crippen LogP contribution in [0.2, 0.25) is 0 Å². The van der Waals surface area contributed by atoms with Crippen molar-refractivity contribution in [2.24, 2.45) is 0 Å². The molecule has 1 saturated carbocycles. The van der Waals surface area contributed by atoms with Crippen LogP contribution in [0.3, 0.4) is 0 Å². The molecule has 0 bridgehead atoms. The number of carbonyl (C=O) groups excluding carboxylic acids is 1. The van der Waals surface area contributed by atoms with Gasteiger partial charge in [-0.3, -0.25) is 4.79 Å². The van der Waals surface area contributed by atoms with Crippen LogP contribution in [0, 0.1) is 0 Å². The summed E-state index contributed by atoms with van der Waals surface area (Å²) >= 11 is 0. The van der Waals surface area contributed by atoms with E-state index in [1.54, 1.807) is 13.0 Å². The number of ether oxygens (including phenoxy) is 1. The molecule has 0 radical (unpaired) electrons. The molecular weight excluding hydrogens is 346 g/mol. The van der Waals surface area contributed by atoms with Gasteiger partial charge in [-0.2, -0.15) is 4.98 Å². The van der Waals surface area contributed by atoms with Crippen molar-refractivity contribution in [2.75, 3.05) is 6.61 Å². The van der Waals surface area contributed by atoms with E-state index in [4.69, 9.17) is 9.15 Å². The SMILES string of the molecule is CCOC(=O)c1cc2c(=O)c3cc(C4CCCCC4)ccc3oc2nc1O. The van der Waals surface area contributed by atoms with Gasteiger partial charge in [0.1, 0.15) is 11.1 Å². The molecule has 4 rings (SSSR count). The monoisotopic (exact) mass is 367 g/mol. The lowest BCUT2D eigenvalue weighted by Crippen LogP contribution is -2.10. The van der Waals surface area contributed by atoms with Crippen LogP contribution in [-0.4, -0.2) is 22.7 Å². The average Bonchev–Trinajstić information content (AvgIpc) is 2.68. The first kappa shape index (κ1) is 17.5. The highest BCUT2D eigenvalue weighted by molar-refractivity contribution is 5.97. The molecule has 2 heterocycles. The molecule has 6 nitrogen and oxygen atoms in total. The zero-order valence-electron chi connectivity index (χ0n) is 15.2. The standard InChI is InChI=1S/C21H21NO5/c1-2-26-21(25)16-11-15-18(23)14-10-13(12-6-4-3-5-7-12)8-9-17(14)27-20(15)22-19(16)24/h8-12H,2-7H2,1H3,(H,22,24). The van der Waals surface area contributed by atoms with Crippen LogP contribution in [0.5, 0.6) is 5.88 Å². The Labute approximate surface area is 155 Å². The zero-order valence-corrected chi connectivity index (χ0v) is 15.2. The minimum atomic E-state index is -0.722. The fourth-order valence-corrected chi connectivity index (χ4v) is 3.84. The van der Waals surface area contributed by atoms with Crippen molar-refractivity contribution in [1.29, 1.82) is 0 Å². The summed E-state index contributed by atoms with van der Waals surface area (Å²) in [6, 6.07) is 6.99. The molecule has 0 aliphatic heterocycles. The summed E-state index contributed by atoms with van der Waals surface area (Å²) in [6.07, 6.45) is 5.95. The quantitative estimate of drug-likeness (QED) is 0.549. The average molecular weight is 367 g/mol. The molecule has 1 fully saturated rings. The van der Waals surface area contributed by atoms with Crippen LogP contribution in [0.4, 0.5) is 0 Å². The lowest BCUT2D eigenvalue weighted by Gasteiger charge is -2.22. The van der Waals surface area contributed by atoms with E-state index in [-0.39, 0.29) is 28.7 Å². The Morgan fingerprint density at radius 2 is 2.00 bits per heavy atom. The number of aromatic hydroxyl groups is 1. The summed E-state index contributed by atoms with van der Waals surface area (Å²) in [5.41, 5.74) is 1.17. The highest BCUT2D eigenvalue weighted by Crippen LogP contribution is 2.34. The number of nitrogens with zero attached hydrogens (tertiary/aromatic N) is 1. The third-order valence-electron chi connectivity index (χ3n) is 5.24. The van der Waals surface area contributed by atoms with Crippen LogP contribution < -0.4 is 5.43 Å². The summed E-state index contributed by atoms with van der Waals surface area (Å²) in [6.45, 7) is 1.82. The van der Waals surface area contributed by atoms with E-state index in [1.807, 2.05) is 12.1 Å². The second-order valence-electron chi connectivity index (χ2n) is 6.95. The van der Waals surface area contributed by atoms with Gasteiger partial charge in [-0.05, 0) is 49.4 Å². The molecule has 27 heavy (non-hydrogen) atoms. The van der Waals surface area contributed by atoms with Gasteiger partial charge in [-0.15, -0.1) is 0 Å². The lowest BCUT2D eigenvalue weighted by molar-refractivity contribution is 0.0522. The van der Waals surface area contributed by atoms with E-state index >= 15 is 0 Å². The number of hydrogen-bond acceptors (Lipinski definition) is 6. The minimum absolute atomic E-state index is 0.00321. The van der Waals surface area contributed by atoms with E-state index in [9.17, 15) is 14.7 Å². The Bertz CT molecular complexity index is 1080. The van der Waals surface area contributed by atoms with Gasteiger partial charge in [0.05, 0.1) is 17.4 Å². The molecule has 0 saturated heterocycles. The van der Waals surface area contributed by atoms with Gasteiger partial charge in [0, 0.05) is 0 Å². The fraction of sp³-hybridized carbons (Fsp3) is 0.381. The second kappa shape index (κ2) is 7.02. The van der Waals surface area contributed by atoms with Gasteiger partial charge in [-0.25, -0.2) is 4.79 Å².